The lowest BCUT2D eigenvalue weighted by molar-refractivity contribution is 0.285. The van der Waals surface area contributed by atoms with Gasteiger partial charge in [-0.15, -0.1) is 0 Å². The third-order valence-corrected chi connectivity index (χ3v) is 4.27. The van der Waals surface area contributed by atoms with Gasteiger partial charge in [0.05, 0.1) is 0 Å². The second kappa shape index (κ2) is 6.20. The molecule has 2 rings (SSSR count). The third-order valence-electron chi connectivity index (χ3n) is 4.27. The maximum absolute atomic E-state index is 3.72. The van der Waals surface area contributed by atoms with E-state index in [9.17, 15) is 0 Å². The first-order valence-electron chi connectivity index (χ1n) is 7.07. The molecule has 1 aromatic rings. The Morgan fingerprint density at radius 2 is 1.82 bits per heavy atom. The largest absolute Gasteiger partial charge is 0.310 e. The second-order valence-corrected chi connectivity index (χ2v) is 5.43. The van der Waals surface area contributed by atoms with E-state index in [-0.39, 0.29) is 0 Å². The Morgan fingerprint density at radius 1 is 1.12 bits per heavy atom. The summed E-state index contributed by atoms with van der Waals surface area (Å²) in [6, 6.07) is 9.44. The fourth-order valence-electron chi connectivity index (χ4n) is 2.84. The van der Waals surface area contributed by atoms with Crippen LogP contribution in [0, 0.1) is 12.8 Å². The predicted molar refractivity (Wildman–Crippen MR) is 74.1 cm³/mol. The van der Waals surface area contributed by atoms with Crippen LogP contribution in [0.5, 0.6) is 0 Å². The van der Waals surface area contributed by atoms with Crippen LogP contribution in [-0.2, 0) is 6.54 Å². The van der Waals surface area contributed by atoms with Gasteiger partial charge in [0, 0.05) is 12.6 Å². The van der Waals surface area contributed by atoms with Crippen LogP contribution in [0.15, 0.2) is 24.3 Å². The van der Waals surface area contributed by atoms with Gasteiger partial charge >= 0.3 is 0 Å². The molecule has 94 valence electrons. The molecular weight excluding hydrogens is 206 g/mol. The molecule has 0 amide bonds. The van der Waals surface area contributed by atoms with E-state index in [4.69, 9.17) is 0 Å². The zero-order valence-corrected chi connectivity index (χ0v) is 11.2. The Morgan fingerprint density at radius 3 is 2.47 bits per heavy atom. The van der Waals surface area contributed by atoms with E-state index in [1.165, 1.54) is 43.2 Å². The quantitative estimate of drug-likeness (QED) is 0.824. The summed E-state index contributed by atoms with van der Waals surface area (Å²) in [5.41, 5.74) is 2.85. The molecular formula is C16H25N. The summed E-state index contributed by atoms with van der Waals surface area (Å²) in [6.07, 6.45) is 6.93. The van der Waals surface area contributed by atoms with Gasteiger partial charge in [-0.3, -0.25) is 0 Å². The molecule has 0 bridgehead atoms. The molecule has 1 aliphatic carbocycles. The number of benzene rings is 1. The van der Waals surface area contributed by atoms with Gasteiger partial charge in [-0.05, 0) is 49.7 Å². The highest BCUT2D eigenvalue weighted by atomic mass is 14.9. The van der Waals surface area contributed by atoms with Gasteiger partial charge in [-0.1, -0.05) is 37.6 Å². The van der Waals surface area contributed by atoms with Crippen molar-refractivity contribution in [3.63, 3.8) is 0 Å². The van der Waals surface area contributed by atoms with Gasteiger partial charge in [0.15, 0.2) is 0 Å². The highest BCUT2D eigenvalue weighted by molar-refractivity contribution is 5.25. The number of rotatable bonds is 4. The molecule has 17 heavy (non-hydrogen) atoms. The number of nitrogens with one attached hydrogen (secondary N) is 1. The lowest BCUT2D eigenvalue weighted by Crippen LogP contribution is -2.32. The van der Waals surface area contributed by atoms with Crippen molar-refractivity contribution < 1.29 is 0 Å². The van der Waals surface area contributed by atoms with Crippen molar-refractivity contribution in [2.75, 3.05) is 0 Å². The van der Waals surface area contributed by atoms with Crippen molar-refractivity contribution >= 4 is 0 Å². The summed E-state index contributed by atoms with van der Waals surface area (Å²) in [5, 5.41) is 3.72. The summed E-state index contributed by atoms with van der Waals surface area (Å²) in [7, 11) is 0. The first-order chi connectivity index (χ1) is 8.29. The van der Waals surface area contributed by atoms with Crippen molar-refractivity contribution in [3.05, 3.63) is 35.4 Å². The van der Waals surface area contributed by atoms with E-state index >= 15 is 0 Å². The Labute approximate surface area is 106 Å². The molecule has 0 heterocycles. The molecule has 0 unspecified atom stereocenters. The molecule has 0 atom stereocenters. The van der Waals surface area contributed by atoms with Crippen molar-refractivity contribution in [1.82, 2.24) is 5.32 Å². The highest BCUT2D eigenvalue weighted by Crippen LogP contribution is 2.26. The molecule has 0 spiro atoms. The second-order valence-electron chi connectivity index (χ2n) is 5.43. The fraction of sp³-hybridized carbons (Fsp3) is 0.625. The standard InChI is InChI=1S/C16H25N/c1-3-14-8-10-16(11-9-14)17-12-15-7-5-4-6-13(15)2/h4-7,14,16-17H,3,8-12H2,1-2H3. The van der Waals surface area contributed by atoms with E-state index in [1.54, 1.807) is 0 Å². The Bertz CT molecular complexity index is 337. The van der Waals surface area contributed by atoms with Crippen molar-refractivity contribution in [1.29, 1.82) is 0 Å². The fourth-order valence-corrected chi connectivity index (χ4v) is 2.84. The maximum Gasteiger partial charge on any atom is 0.0210 e. The van der Waals surface area contributed by atoms with Crippen LogP contribution in [0.25, 0.3) is 0 Å². The van der Waals surface area contributed by atoms with Crippen LogP contribution < -0.4 is 5.32 Å². The molecule has 0 aromatic heterocycles. The molecule has 0 aliphatic heterocycles. The van der Waals surface area contributed by atoms with Crippen LogP contribution in [0.2, 0.25) is 0 Å². The molecule has 0 radical (unpaired) electrons. The van der Waals surface area contributed by atoms with E-state index in [0.29, 0.717) is 0 Å². The minimum absolute atomic E-state index is 0.748. The van der Waals surface area contributed by atoms with E-state index < -0.39 is 0 Å². The van der Waals surface area contributed by atoms with E-state index in [1.807, 2.05) is 0 Å². The van der Waals surface area contributed by atoms with Crippen molar-refractivity contribution in [2.45, 2.75) is 58.5 Å². The van der Waals surface area contributed by atoms with Crippen LogP contribution in [0.3, 0.4) is 0 Å². The van der Waals surface area contributed by atoms with Gasteiger partial charge in [0.25, 0.3) is 0 Å². The van der Waals surface area contributed by atoms with E-state index in [0.717, 1.165) is 18.5 Å². The summed E-state index contributed by atoms with van der Waals surface area (Å²) < 4.78 is 0. The van der Waals surface area contributed by atoms with Gasteiger partial charge in [0.2, 0.25) is 0 Å². The van der Waals surface area contributed by atoms with Gasteiger partial charge in [0.1, 0.15) is 0 Å². The molecule has 1 nitrogen and oxygen atoms in total. The monoisotopic (exact) mass is 231 g/mol. The van der Waals surface area contributed by atoms with Crippen LogP contribution in [-0.4, -0.2) is 6.04 Å². The molecule has 1 aromatic carbocycles. The lowest BCUT2D eigenvalue weighted by Gasteiger charge is -2.28. The Kier molecular flexibility index (Phi) is 4.61. The van der Waals surface area contributed by atoms with Crippen LogP contribution >= 0.6 is 0 Å². The molecule has 0 saturated heterocycles. The molecule has 1 heteroatoms. The molecule has 1 N–H and O–H groups in total. The van der Waals surface area contributed by atoms with Gasteiger partial charge < -0.3 is 5.32 Å². The average molecular weight is 231 g/mol. The molecule has 1 saturated carbocycles. The number of aryl methyl sites for hydroxylation is 1. The molecule has 1 aliphatic rings. The zero-order valence-electron chi connectivity index (χ0n) is 11.2. The summed E-state index contributed by atoms with van der Waals surface area (Å²) in [6.45, 7) is 5.56. The summed E-state index contributed by atoms with van der Waals surface area (Å²) in [5.74, 6) is 0.992. The van der Waals surface area contributed by atoms with Crippen LogP contribution in [0.1, 0.15) is 50.2 Å². The normalized spacial score (nSPS) is 24.8. The SMILES string of the molecule is CCC1CCC(NCc2ccccc2C)CC1. The van der Waals surface area contributed by atoms with Gasteiger partial charge in [-0.2, -0.15) is 0 Å². The predicted octanol–water partition coefficient (Wildman–Crippen LogP) is 4.05. The smallest absolute Gasteiger partial charge is 0.0210 e. The zero-order chi connectivity index (χ0) is 12.1. The average Bonchev–Trinajstić information content (AvgIpc) is 2.38. The maximum atomic E-state index is 3.72. The lowest BCUT2D eigenvalue weighted by atomic mass is 9.84. The Balaban J connectivity index is 1.78. The minimum Gasteiger partial charge on any atom is -0.310 e. The highest BCUT2D eigenvalue weighted by Gasteiger charge is 2.19. The first kappa shape index (κ1) is 12.6. The van der Waals surface area contributed by atoms with Crippen LogP contribution in [0.4, 0.5) is 0 Å². The third kappa shape index (κ3) is 3.57. The van der Waals surface area contributed by atoms with Crippen molar-refractivity contribution in [3.8, 4) is 0 Å². The van der Waals surface area contributed by atoms with Gasteiger partial charge in [-0.25, -0.2) is 0 Å². The topological polar surface area (TPSA) is 12.0 Å². The minimum atomic E-state index is 0.748. The number of hydrogen-bond donors (Lipinski definition) is 1. The first-order valence-corrected chi connectivity index (χ1v) is 7.07. The molecule has 1 fully saturated rings. The summed E-state index contributed by atoms with van der Waals surface area (Å²) >= 11 is 0. The van der Waals surface area contributed by atoms with Crippen molar-refractivity contribution in [2.24, 2.45) is 5.92 Å². The summed E-state index contributed by atoms with van der Waals surface area (Å²) in [4.78, 5) is 0. The van der Waals surface area contributed by atoms with E-state index in [2.05, 4.69) is 43.4 Å². The number of hydrogen-bond acceptors (Lipinski definition) is 1. The Hall–Kier alpha value is -0.820.